The first-order chi connectivity index (χ1) is 6.97. The van der Waals surface area contributed by atoms with Crippen molar-refractivity contribution < 1.29 is 9.13 Å². The average Bonchev–Trinajstić information content (AvgIpc) is 2.18. The van der Waals surface area contributed by atoms with Gasteiger partial charge in [-0.25, -0.2) is 4.39 Å². The summed E-state index contributed by atoms with van der Waals surface area (Å²) >= 11 is 0. The van der Waals surface area contributed by atoms with E-state index in [1.165, 1.54) is 6.07 Å². The third kappa shape index (κ3) is 3.01. The zero-order chi connectivity index (χ0) is 11.5. The van der Waals surface area contributed by atoms with Crippen molar-refractivity contribution in [1.29, 1.82) is 0 Å². The Morgan fingerprint density at radius 2 is 2.13 bits per heavy atom. The minimum atomic E-state index is -0.772. The maximum atomic E-state index is 13.6. The van der Waals surface area contributed by atoms with Crippen LogP contribution in [0.15, 0.2) is 18.2 Å². The van der Waals surface area contributed by atoms with Gasteiger partial charge in [0.2, 0.25) is 0 Å². The van der Waals surface area contributed by atoms with Gasteiger partial charge in [0, 0.05) is 12.2 Å². The van der Waals surface area contributed by atoms with Crippen molar-refractivity contribution in [3.63, 3.8) is 0 Å². The van der Waals surface area contributed by atoms with Crippen molar-refractivity contribution in [2.75, 3.05) is 13.2 Å². The average molecular weight is 211 g/mol. The van der Waals surface area contributed by atoms with Crippen molar-refractivity contribution in [3.05, 3.63) is 35.1 Å². The summed E-state index contributed by atoms with van der Waals surface area (Å²) in [6.45, 7) is 6.49. The molecule has 0 amide bonds. The van der Waals surface area contributed by atoms with Gasteiger partial charge in [-0.05, 0) is 26.8 Å². The highest BCUT2D eigenvalue weighted by atomic mass is 19.1. The predicted octanol–water partition coefficient (Wildman–Crippen LogP) is 2.34. The van der Waals surface area contributed by atoms with Crippen LogP contribution >= 0.6 is 0 Å². The number of hydrogen-bond acceptors (Lipinski definition) is 2. The Labute approximate surface area is 90.2 Å². The summed E-state index contributed by atoms with van der Waals surface area (Å²) in [6, 6.07) is 4.95. The van der Waals surface area contributed by atoms with Gasteiger partial charge in [-0.2, -0.15) is 0 Å². The Morgan fingerprint density at radius 3 is 2.73 bits per heavy atom. The zero-order valence-corrected chi connectivity index (χ0v) is 9.51. The number of nitrogens with two attached hydrogens (primary N) is 1. The van der Waals surface area contributed by atoms with Crippen LogP contribution in [0.3, 0.4) is 0 Å². The fraction of sp³-hybridized carbons (Fsp3) is 0.500. The molecule has 0 heterocycles. The third-order valence-corrected chi connectivity index (χ3v) is 2.34. The first kappa shape index (κ1) is 12.1. The first-order valence-corrected chi connectivity index (χ1v) is 5.10. The molecule has 15 heavy (non-hydrogen) atoms. The molecule has 84 valence electrons. The fourth-order valence-corrected chi connectivity index (χ4v) is 1.47. The molecule has 1 unspecified atom stereocenters. The van der Waals surface area contributed by atoms with E-state index in [-0.39, 0.29) is 5.82 Å². The quantitative estimate of drug-likeness (QED) is 0.829. The first-order valence-electron chi connectivity index (χ1n) is 5.10. The summed E-state index contributed by atoms with van der Waals surface area (Å²) in [6.07, 6.45) is 0. The second-order valence-corrected chi connectivity index (χ2v) is 4.04. The second kappa shape index (κ2) is 4.73. The largest absolute Gasteiger partial charge is 0.379 e. The van der Waals surface area contributed by atoms with Gasteiger partial charge in [0.25, 0.3) is 0 Å². The van der Waals surface area contributed by atoms with Gasteiger partial charge in [-0.1, -0.05) is 17.7 Å². The number of hydrogen-bond donors (Lipinski definition) is 1. The van der Waals surface area contributed by atoms with Crippen LogP contribution in [0.5, 0.6) is 0 Å². The summed E-state index contributed by atoms with van der Waals surface area (Å²) in [5.74, 6) is -0.273. The van der Waals surface area contributed by atoms with Crippen molar-refractivity contribution in [2.45, 2.75) is 26.3 Å². The summed E-state index contributed by atoms with van der Waals surface area (Å²) in [7, 11) is 0. The molecule has 0 radical (unpaired) electrons. The minimum absolute atomic E-state index is 0.273. The lowest BCUT2D eigenvalue weighted by Gasteiger charge is -2.25. The third-order valence-electron chi connectivity index (χ3n) is 2.34. The van der Waals surface area contributed by atoms with Gasteiger partial charge in [0.1, 0.15) is 5.82 Å². The number of halogens is 1. The SMILES string of the molecule is CCOCC(C)(N)c1cc(C)ccc1F. The van der Waals surface area contributed by atoms with Crippen LogP contribution in [0.2, 0.25) is 0 Å². The standard InChI is InChI=1S/C12H18FNO/c1-4-15-8-12(3,14)10-7-9(2)5-6-11(10)13/h5-7H,4,8,14H2,1-3H3. The van der Waals surface area contributed by atoms with Crippen LogP contribution in [0.1, 0.15) is 25.0 Å². The number of benzene rings is 1. The highest BCUT2D eigenvalue weighted by Gasteiger charge is 2.24. The van der Waals surface area contributed by atoms with E-state index in [2.05, 4.69) is 0 Å². The smallest absolute Gasteiger partial charge is 0.128 e. The molecule has 1 aromatic rings. The van der Waals surface area contributed by atoms with E-state index in [4.69, 9.17) is 10.5 Å². The molecule has 3 heteroatoms. The summed E-state index contributed by atoms with van der Waals surface area (Å²) < 4.78 is 18.8. The summed E-state index contributed by atoms with van der Waals surface area (Å²) in [4.78, 5) is 0. The van der Waals surface area contributed by atoms with Gasteiger partial charge < -0.3 is 10.5 Å². The van der Waals surface area contributed by atoms with Crippen LogP contribution in [-0.2, 0) is 10.3 Å². The molecule has 0 aliphatic rings. The highest BCUT2D eigenvalue weighted by Crippen LogP contribution is 2.22. The molecular weight excluding hydrogens is 193 g/mol. The number of aryl methyl sites for hydroxylation is 1. The molecule has 1 atom stereocenters. The van der Waals surface area contributed by atoms with Gasteiger partial charge >= 0.3 is 0 Å². The normalized spacial score (nSPS) is 15.0. The van der Waals surface area contributed by atoms with Gasteiger partial charge in [-0.3, -0.25) is 0 Å². The highest BCUT2D eigenvalue weighted by molar-refractivity contribution is 5.29. The maximum absolute atomic E-state index is 13.6. The summed E-state index contributed by atoms with van der Waals surface area (Å²) in [5.41, 5.74) is 6.77. The van der Waals surface area contributed by atoms with E-state index < -0.39 is 5.54 Å². The Kier molecular flexibility index (Phi) is 3.83. The van der Waals surface area contributed by atoms with E-state index in [9.17, 15) is 4.39 Å². The molecule has 1 aromatic carbocycles. The Hall–Kier alpha value is -0.930. The molecule has 0 aromatic heterocycles. The molecule has 0 bridgehead atoms. The van der Waals surface area contributed by atoms with Gasteiger partial charge in [0.15, 0.2) is 0 Å². The van der Waals surface area contributed by atoms with E-state index in [0.717, 1.165) is 5.56 Å². The van der Waals surface area contributed by atoms with Crippen molar-refractivity contribution in [2.24, 2.45) is 5.73 Å². The monoisotopic (exact) mass is 211 g/mol. The van der Waals surface area contributed by atoms with E-state index >= 15 is 0 Å². The minimum Gasteiger partial charge on any atom is -0.379 e. The molecule has 0 saturated carbocycles. The molecular formula is C12H18FNO. The molecule has 0 fully saturated rings. The molecule has 1 rings (SSSR count). The van der Waals surface area contributed by atoms with E-state index in [0.29, 0.717) is 18.8 Å². The molecule has 2 nitrogen and oxygen atoms in total. The van der Waals surface area contributed by atoms with Crippen molar-refractivity contribution in [3.8, 4) is 0 Å². The maximum Gasteiger partial charge on any atom is 0.128 e. The van der Waals surface area contributed by atoms with E-state index in [1.54, 1.807) is 19.1 Å². The lowest BCUT2D eigenvalue weighted by molar-refractivity contribution is 0.0993. The number of rotatable bonds is 4. The molecule has 0 aliphatic carbocycles. The van der Waals surface area contributed by atoms with Crippen LogP contribution < -0.4 is 5.73 Å². The van der Waals surface area contributed by atoms with E-state index in [1.807, 2.05) is 13.8 Å². The van der Waals surface area contributed by atoms with Crippen molar-refractivity contribution in [1.82, 2.24) is 0 Å². The topological polar surface area (TPSA) is 35.2 Å². The second-order valence-electron chi connectivity index (χ2n) is 4.04. The van der Waals surface area contributed by atoms with Crippen LogP contribution in [-0.4, -0.2) is 13.2 Å². The lowest BCUT2D eigenvalue weighted by Crippen LogP contribution is -2.39. The van der Waals surface area contributed by atoms with Crippen LogP contribution in [0, 0.1) is 12.7 Å². The van der Waals surface area contributed by atoms with Gasteiger partial charge in [0.05, 0.1) is 12.1 Å². The Balaban J connectivity index is 2.97. The molecule has 0 spiro atoms. The zero-order valence-electron chi connectivity index (χ0n) is 9.51. The predicted molar refractivity (Wildman–Crippen MR) is 59.2 cm³/mol. The lowest BCUT2D eigenvalue weighted by atomic mass is 9.92. The number of ether oxygens (including phenoxy) is 1. The van der Waals surface area contributed by atoms with Crippen LogP contribution in [0.4, 0.5) is 4.39 Å². The Morgan fingerprint density at radius 1 is 1.47 bits per heavy atom. The fourth-order valence-electron chi connectivity index (χ4n) is 1.47. The molecule has 2 N–H and O–H groups in total. The summed E-state index contributed by atoms with van der Waals surface area (Å²) in [5, 5.41) is 0. The Bertz CT molecular complexity index is 336. The van der Waals surface area contributed by atoms with Gasteiger partial charge in [-0.15, -0.1) is 0 Å². The molecule has 0 aliphatic heterocycles. The van der Waals surface area contributed by atoms with Crippen LogP contribution in [0.25, 0.3) is 0 Å². The molecule has 0 saturated heterocycles. The van der Waals surface area contributed by atoms with Crippen molar-refractivity contribution >= 4 is 0 Å².